The van der Waals surface area contributed by atoms with Gasteiger partial charge in [0.2, 0.25) is 5.91 Å². The van der Waals surface area contributed by atoms with Gasteiger partial charge in [-0.2, -0.15) is 0 Å². The highest BCUT2D eigenvalue weighted by Crippen LogP contribution is 2.44. The Morgan fingerprint density at radius 1 is 1.47 bits per heavy atom. The molecule has 0 aromatic carbocycles. The predicted molar refractivity (Wildman–Crippen MR) is 62.4 cm³/mol. The normalized spacial score (nSPS) is 20.9. The molecule has 15 heavy (non-hydrogen) atoms. The van der Waals surface area contributed by atoms with Crippen LogP contribution in [-0.4, -0.2) is 18.5 Å². The van der Waals surface area contributed by atoms with E-state index in [-0.39, 0.29) is 17.4 Å². The van der Waals surface area contributed by atoms with E-state index in [1.807, 2.05) is 0 Å². The molecule has 1 fully saturated rings. The van der Waals surface area contributed by atoms with Gasteiger partial charge in [-0.1, -0.05) is 27.7 Å². The van der Waals surface area contributed by atoms with E-state index in [1.54, 1.807) is 0 Å². The van der Waals surface area contributed by atoms with E-state index in [9.17, 15) is 4.79 Å². The SMILES string of the molecule is CC1(CNC(=O)CC(N)C(C)(C)C)CC1. The molecule has 1 saturated carbocycles. The van der Waals surface area contributed by atoms with Crippen LogP contribution in [0.3, 0.4) is 0 Å². The third-order valence-electron chi connectivity index (χ3n) is 3.33. The van der Waals surface area contributed by atoms with Gasteiger partial charge in [0.05, 0.1) is 0 Å². The van der Waals surface area contributed by atoms with Crippen molar-refractivity contribution < 1.29 is 4.79 Å². The van der Waals surface area contributed by atoms with Gasteiger partial charge in [0.15, 0.2) is 0 Å². The molecule has 1 rings (SSSR count). The van der Waals surface area contributed by atoms with Gasteiger partial charge in [0.25, 0.3) is 0 Å². The minimum atomic E-state index is -0.0653. The first-order chi connectivity index (χ1) is 6.73. The van der Waals surface area contributed by atoms with Crippen LogP contribution in [0, 0.1) is 10.8 Å². The Labute approximate surface area is 92.8 Å². The summed E-state index contributed by atoms with van der Waals surface area (Å²) < 4.78 is 0. The molecule has 0 aromatic rings. The van der Waals surface area contributed by atoms with E-state index < -0.39 is 0 Å². The van der Waals surface area contributed by atoms with Gasteiger partial charge in [-0.25, -0.2) is 0 Å². The van der Waals surface area contributed by atoms with Crippen molar-refractivity contribution in [3.63, 3.8) is 0 Å². The topological polar surface area (TPSA) is 55.1 Å². The van der Waals surface area contributed by atoms with Gasteiger partial charge >= 0.3 is 0 Å². The number of nitrogens with two attached hydrogens (primary N) is 1. The number of carbonyl (C=O) groups is 1. The van der Waals surface area contributed by atoms with Crippen LogP contribution in [0.25, 0.3) is 0 Å². The van der Waals surface area contributed by atoms with Crippen LogP contribution in [0.4, 0.5) is 0 Å². The molecule has 0 aromatic heterocycles. The van der Waals surface area contributed by atoms with Crippen LogP contribution in [0.5, 0.6) is 0 Å². The molecular weight excluding hydrogens is 188 g/mol. The summed E-state index contributed by atoms with van der Waals surface area (Å²) in [4.78, 5) is 11.6. The Morgan fingerprint density at radius 2 is 2.00 bits per heavy atom. The fraction of sp³-hybridized carbons (Fsp3) is 0.917. The molecular formula is C12H24N2O. The van der Waals surface area contributed by atoms with Crippen molar-refractivity contribution in [2.45, 2.75) is 53.0 Å². The summed E-state index contributed by atoms with van der Waals surface area (Å²) in [7, 11) is 0. The second-order valence-corrected chi connectivity index (χ2v) is 6.26. The lowest BCUT2D eigenvalue weighted by Crippen LogP contribution is -2.41. The van der Waals surface area contributed by atoms with Crippen molar-refractivity contribution in [1.29, 1.82) is 0 Å². The number of hydrogen-bond donors (Lipinski definition) is 2. The number of rotatable bonds is 4. The van der Waals surface area contributed by atoms with Gasteiger partial charge in [-0.15, -0.1) is 0 Å². The second kappa shape index (κ2) is 4.12. The Morgan fingerprint density at radius 3 is 2.40 bits per heavy atom. The van der Waals surface area contributed by atoms with Crippen LogP contribution < -0.4 is 11.1 Å². The first kappa shape index (κ1) is 12.5. The highest BCUT2D eigenvalue weighted by molar-refractivity contribution is 5.76. The van der Waals surface area contributed by atoms with Crippen molar-refractivity contribution in [1.82, 2.24) is 5.32 Å². The standard InChI is InChI=1S/C12H24N2O/c1-11(2,3)9(13)7-10(15)14-8-12(4)5-6-12/h9H,5-8,13H2,1-4H3,(H,14,15). The van der Waals surface area contributed by atoms with Gasteiger partial charge in [0.1, 0.15) is 0 Å². The van der Waals surface area contributed by atoms with E-state index >= 15 is 0 Å². The molecule has 0 radical (unpaired) electrons. The lowest BCUT2D eigenvalue weighted by molar-refractivity contribution is -0.122. The molecule has 88 valence electrons. The lowest BCUT2D eigenvalue weighted by Gasteiger charge is -2.26. The smallest absolute Gasteiger partial charge is 0.221 e. The minimum Gasteiger partial charge on any atom is -0.356 e. The maximum Gasteiger partial charge on any atom is 0.221 e. The molecule has 0 spiro atoms. The molecule has 1 atom stereocenters. The van der Waals surface area contributed by atoms with Crippen LogP contribution in [0.1, 0.15) is 47.0 Å². The molecule has 1 amide bonds. The van der Waals surface area contributed by atoms with Crippen molar-refractivity contribution in [2.24, 2.45) is 16.6 Å². The van der Waals surface area contributed by atoms with Crippen LogP contribution in [0.15, 0.2) is 0 Å². The summed E-state index contributed by atoms with van der Waals surface area (Å²) in [6.07, 6.45) is 2.90. The number of amides is 1. The zero-order valence-electron chi connectivity index (χ0n) is 10.4. The van der Waals surface area contributed by atoms with Crippen molar-refractivity contribution in [3.05, 3.63) is 0 Å². The Kier molecular flexibility index (Phi) is 3.44. The summed E-state index contributed by atoms with van der Waals surface area (Å²) in [5.74, 6) is 0.0885. The summed E-state index contributed by atoms with van der Waals surface area (Å²) >= 11 is 0. The summed E-state index contributed by atoms with van der Waals surface area (Å²) in [6.45, 7) is 9.20. The molecule has 0 aliphatic heterocycles. The average Bonchev–Trinajstić information content (AvgIpc) is 2.80. The quantitative estimate of drug-likeness (QED) is 0.744. The molecule has 3 N–H and O–H groups in total. The summed E-state index contributed by atoms with van der Waals surface area (Å²) in [6, 6.07) is -0.0653. The van der Waals surface area contributed by atoms with Crippen LogP contribution >= 0.6 is 0 Å². The molecule has 0 bridgehead atoms. The van der Waals surface area contributed by atoms with Gasteiger partial charge in [-0.05, 0) is 23.7 Å². The van der Waals surface area contributed by atoms with E-state index in [4.69, 9.17) is 5.73 Å². The number of hydrogen-bond acceptors (Lipinski definition) is 2. The Bertz CT molecular complexity index is 238. The molecule has 3 nitrogen and oxygen atoms in total. The van der Waals surface area contributed by atoms with E-state index in [0.29, 0.717) is 11.8 Å². The molecule has 1 aliphatic rings. The fourth-order valence-corrected chi connectivity index (χ4v) is 1.28. The maximum absolute atomic E-state index is 11.6. The summed E-state index contributed by atoms with van der Waals surface area (Å²) in [5.41, 5.74) is 6.32. The van der Waals surface area contributed by atoms with Crippen molar-refractivity contribution in [2.75, 3.05) is 6.54 Å². The van der Waals surface area contributed by atoms with E-state index in [1.165, 1.54) is 12.8 Å². The second-order valence-electron chi connectivity index (χ2n) is 6.26. The van der Waals surface area contributed by atoms with Crippen molar-refractivity contribution in [3.8, 4) is 0 Å². The fourth-order valence-electron chi connectivity index (χ4n) is 1.28. The molecule has 0 heterocycles. The monoisotopic (exact) mass is 212 g/mol. The zero-order valence-corrected chi connectivity index (χ0v) is 10.4. The molecule has 1 unspecified atom stereocenters. The van der Waals surface area contributed by atoms with Gasteiger partial charge in [-0.3, -0.25) is 4.79 Å². The first-order valence-electron chi connectivity index (χ1n) is 5.75. The number of carbonyl (C=O) groups excluding carboxylic acids is 1. The molecule has 0 saturated heterocycles. The van der Waals surface area contributed by atoms with Gasteiger partial charge in [0, 0.05) is 19.0 Å². The van der Waals surface area contributed by atoms with Gasteiger partial charge < -0.3 is 11.1 Å². The maximum atomic E-state index is 11.6. The van der Waals surface area contributed by atoms with Crippen LogP contribution in [-0.2, 0) is 4.79 Å². The lowest BCUT2D eigenvalue weighted by atomic mass is 9.85. The third-order valence-corrected chi connectivity index (χ3v) is 3.33. The highest BCUT2D eigenvalue weighted by Gasteiger charge is 2.37. The predicted octanol–water partition coefficient (Wildman–Crippen LogP) is 1.67. The molecule has 1 aliphatic carbocycles. The minimum absolute atomic E-state index is 0.000816. The zero-order chi connectivity index (χ0) is 11.7. The van der Waals surface area contributed by atoms with E-state index in [2.05, 4.69) is 33.0 Å². The largest absolute Gasteiger partial charge is 0.356 e. The van der Waals surface area contributed by atoms with E-state index in [0.717, 1.165) is 6.54 Å². The first-order valence-corrected chi connectivity index (χ1v) is 5.75. The van der Waals surface area contributed by atoms with Crippen molar-refractivity contribution >= 4 is 5.91 Å². The Hall–Kier alpha value is -0.570. The Balaban J connectivity index is 2.23. The highest BCUT2D eigenvalue weighted by atomic mass is 16.1. The van der Waals surface area contributed by atoms with Crippen LogP contribution in [0.2, 0.25) is 0 Å². The number of nitrogens with one attached hydrogen (secondary N) is 1. The third kappa shape index (κ3) is 4.20. The average molecular weight is 212 g/mol. The molecule has 3 heteroatoms. The summed E-state index contributed by atoms with van der Waals surface area (Å²) in [5, 5.41) is 2.97.